The number of phenols is 1. The number of amides is 1. The van der Waals surface area contributed by atoms with Crippen LogP contribution in [0.2, 0.25) is 0 Å². The summed E-state index contributed by atoms with van der Waals surface area (Å²) in [6.45, 7) is 1.85. The van der Waals surface area contributed by atoms with Crippen LogP contribution in [0, 0.1) is 10.1 Å². The fourth-order valence-electron chi connectivity index (χ4n) is 1.96. The summed E-state index contributed by atoms with van der Waals surface area (Å²) >= 11 is 0. The van der Waals surface area contributed by atoms with Crippen molar-refractivity contribution in [3.8, 4) is 5.75 Å². The number of para-hydroxylation sites is 1. The van der Waals surface area contributed by atoms with Gasteiger partial charge < -0.3 is 5.11 Å². The van der Waals surface area contributed by atoms with Crippen molar-refractivity contribution in [1.82, 2.24) is 5.43 Å². The largest absolute Gasteiger partial charge is 0.507 e. The van der Waals surface area contributed by atoms with Crippen LogP contribution in [0.25, 0.3) is 0 Å². The number of phenolic OH excluding ortho intramolecular Hbond substituents is 1. The van der Waals surface area contributed by atoms with E-state index in [1.807, 2.05) is 6.92 Å². The fraction of sp³-hybridized carbons (Fsp3) is 0.125. The first-order valence-corrected chi connectivity index (χ1v) is 6.92. The molecule has 0 bridgehead atoms. The maximum atomic E-state index is 12.0. The van der Waals surface area contributed by atoms with Crippen molar-refractivity contribution < 1.29 is 14.8 Å². The number of nitro groups is 1. The summed E-state index contributed by atoms with van der Waals surface area (Å²) in [4.78, 5) is 22.1. The number of hydrogen-bond acceptors (Lipinski definition) is 5. The molecular weight excluding hydrogens is 298 g/mol. The molecule has 0 aromatic heterocycles. The van der Waals surface area contributed by atoms with Gasteiger partial charge in [0.25, 0.3) is 11.6 Å². The molecule has 0 saturated heterocycles. The molecule has 0 aliphatic rings. The second-order valence-electron chi connectivity index (χ2n) is 4.67. The van der Waals surface area contributed by atoms with Crippen LogP contribution in [0.5, 0.6) is 5.75 Å². The van der Waals surface area contributed by atoms with Crippen LogP contribution in [0.3, 0.4) is 0 Å². The number of hydrazone groups is 1. The Labute approximate surface area is 132 Å². The molecule has 0 atom stereocenters. The molecule has 0 aliphatic heterocycles. The molecule has 2 rings (SSSR count). The van der Waals surface area contributed by atoms with Crippen molar-refractivity contribution in [3.63, 3.8) is 0 Å². The van der Waals surface area contributed by atoms with Crippen molar-refractivity contribution >= 4 is 17.3 Å². The first-order chi connectivity index (χ1) is 11.0. The average molecular weight is 313 g/mol. The molecule has 0 fully saturated rings. The number of aromatic hydroxyl groups is 1. The Kier molecular flexibility index (Phi) is 5.03. The fourth-order valence-corrected chi connectivity index (χ4v) is 1.96. The van der Waals surface area contributed by atoms with Gasteiger partial charge in [0, 0.05) is 23.3 Å². The van der Waals surface area contributed by atoms with Gasteiger partial charge in [-0.15, -0.1) is 0 Å². The van der Waals surface area contributed by atoms with E-state index in [0.717, 1.165) is 0 Å². The second kappa shape index (κ2) is 7.17. The van der Waals surface area contributed by atoms with Crippen LogP contribution in [0.4, 0.5) is 5.69 Å². The number of nitro benzene ring substituents is 1. The normalized spacial score (nSPS) is 11.1. The number of benzene rings is 2. The highest BCUT2D eigenvalue weighted by Crippen LogP contribution is 2.18. The monoisotopic (exact) mass is 313 g/mol. The molecule has 2 N–H and O–H groups in total. The summed E-state index contributed by atoms with van der Waals surface area (Å²) in [6.07, 6.45) is 0.512. The average Bonchev–Trinajstić information content (AvgIpc) is 2.56. The summed E-state index contributed by atoms with van der Waals surface area (Å²) < 4.78 is 0. The van der Waals surface area contributed by atoms with E-state index < -0.39 is 10.8 Å². The van der Waals surface area contributed by atoms with E-state index >= 15 is 0 Å². The topological polar surface area (TPSA) is 105 Å². The molecule has 0 heterocycles. The Morgan fingerprint density at radius 3 is 2.43 bits per heavy atom. The van der Waals surface area contributed by atoms with Gasteiger partial charge in [-0.3, -0.25) is 14.9 Å². The predicted octanol–water partition coefficient (Wildman–Crippen LogP) is 2.84. The van der Waals surface area contributed by atoms with Crippen molar-refractivity contribution in [2.24, 2.45) is 5.10 Å². The number of non-ortho nitro benzene ring substituents is 1. The minimum absolute atomic E-state index is 0.0812. The number of carbonyl (C=O) groups excluding carboxylic acids is 1. The molecule has 7 heteroatoms. The van der Waals surface area contributed by atoms with Gasteiger partial charge in [-0.1, -0.05) is 19.1 Å². The van der Waals surface area contributed by atoms with Crippen LogP contribution in [-0.4, -0.2) is 21.6 Å². The first-order valence-electron chi connectivity index (χ1n) is 6.92. The van der Waals surface area contributed by atoms with E-state index in [0.29, 0.717) is 17.7 Å². The molecule has 0 unspecified atom stereocenters. The van der Waals surface area contributed by atoms with Gasteiger partial charge in [-0.05, 0) is 30.7 Å². The van der Waals surface area contributed by atoms with Crippen LogP contribution >= 0.6 is 0 Å². The van der Waals surface area contributed by atoms with Gasteiger partial charge >= 0.3 is 0 Å². The maximum Gasteiger partial charge on any atom is 0.271 e. The van der Waals surface area contributed by atoms with Gasteiger partial charge in [0.2, 0.25) is 0 Å². The molecule has 1 amide bonds. The van der Waals surface area contributed by atoms with Crippen LogP contribution in [0.1, 0.15) is 29.3 Å². The SMILES string of the molecule is CC/C(=N/NC(=O)c1ccc([N+](=O)[O-])cc1)c1ccccc1O. The second-order valence-corrected chi connectivity index (χ2v) is 4.67. The Bertz CT molecular complexity index is 754. The van der Waals surface area contributed by atoms with Gasteiger partial charge in [0.15, 0.2) is 0 Å². The summed E-state index contributed by atoms with van der Waals surface area (Å²) in [7, 11) is 0. The van der Waals surface area contributed by atoms with Gasteiger partial charge in [0.05, 0.1) is 10.6 Å². The number of rotatable bonds is 5. The summed E-state index contributed by atoms with van der Waals surface area (Å²) in [5.41, 5.74) is 3.63. The zero-order chi connectivity index (χ0) is 16.8. The highest BCUT2D eigenvalue weighted by molar-refractivity contribution is 6.03. The molecule has 0 saturated carbocycles. The molecule has 7 nitrogen and oxygen atoms in total. The van der Waals surface area contributed by atoms with E-state index in [1.165, 1.54) is 24.3 Å². The van der Waals surface area contributed by atoms with Crippen molar-refractivity contribution in [2.75, 3.05) is 0 Å². The molecule has 0 aliphatic carbocycles. The predicted molar refractivity (Wildman–Crippen MR) is 85.5 cm³/mol. The first kappa shape index (κ1) is 16.2. The van der Waals surface area contributed by atoms with Crippen LogP contribution < -0.4 is 5.43 Å². The standard InChI is InChI=1S/C16H15N3O4/c1-2-14(13-5-3-4-6-15(13)20)17-18-16(21)11-7-9-12(10-8-11)19(22)23/h3-10,20H,2H2,1H3,(H,18,21)/b17-14-. The van der Waals surface area contributed by atoms with E-state index in [-0.39, 0.29) is 17.0 Å². The number of nitrogens with one attached hydrogen (secondary N) is 1. The van der Waals surface area contributed by atoms with Crippen molar-refractivity contribution in [3.05, 3.63) is 69.8 Å². The quantitative estimate of drug-likeness (QED) is 0.503. The zero-order valence-electron chi connectivity index (χ0n) is 12.4. The highest BCUT2D eigenvalue weighted by atomic mass is 16.6. The third-order valence-electron chi connectivity index (χ3n) is 3.18. The molecule has 23 heavy (non-hydrogen) atoms. The Morgan fingerprint density at radius 2 is 1.87 bits per heavy atom. The van der Waals surface area contributed by atoms with Crippen molar-refractivity contribution in [2.45, 2.75) is 13.3 Å². The molecule has 2 aromatic carbocycles. The van der Waals surface area contributed by atoms with Crippen LogP contribution in [-0.2, 0) is 0 Å². The lowest BCUT2D eigenvalue weighted by Crippen LogP contribution is -2.20. The van der Waals surface area contributed by atoms with E-state index in [9.17, 15) is 20.0 Å². The lowest BCUT2D eigenvalue weighted by Gasteiger charge is -2.07. The number of nitrogens with zero attached hydrogens (tertiary/aromatic N) is 2. The van der Waals surface area contributed by atoms with Gasteiger partial charge in [0.1, 0.15) is 5.75 Å². The third kappa shape index (κ3) is 3.91. The molecule has 118 valence electrons. The number of hydrogen-bond donors (Lipinski definition) is 2. The maximum absolute atomic E-state index is 12.0. The Balaban J connectivity index is 2.15. The molecule has 2 aromatic rings. The zero-order valence-corrected chi connectivity index (χ0v) is 12.4. The summed E-state index contributed by atoms with van der Waals surface area (Å²) in [5.74, 6) is -0.404. The lowest BCUT2D eigenvalue weighted by atomic mass is 10.1. The minimum Gasteiger partial charge on any atom is -0.507 e. The van der Waals surface area contributed by atoms with Gasteiger partial charge in [-0.2, -0.15) is 5.10 Å². The molecular formula is C16H15N3O4. The van der Waals surface area contributed by atoms with E-state index in [4.69, 9.17) is 0 Å². The summed E-state index contributed by atoms with van der Waals surface area (Å²) in [5, 5.41) is 24.4. The molecule has 0 spiro atoms. The Hall–Kier alpha value is -3.22. The minimum atomic E-state index is -0.535. The lowest BCUT2D eigenvalue weighted by molar-refractivity contribution is -0.384. The molecule has 0 radical (unpaired) electrons. The third-order valence-corrected chi connectivity index (χ3v) is 3.18. The number of carbonyl (C=O) groups is 1. The van der Waals surface area contributed by atoms with Crippen molar-refractivity contribution in [1.29, 1.82) is 0 Å². The smallest absolute Gasteiger partial charge is 0.271 e. The van der Waals surface area contributed by atoms with Gasteiger partial charge in [-0.25, -0.2) is 5.43 Å². The van der Waals surface area contributed by atoms with Crippen LogP contribution in [0.15, 0.2) is 53.6 Å². The Morgan fingerprint density at radius 1 is 1.22 bits per heavy atom. The highest BCUT2D eigenvalue weighted by Gasteiger charge is 2.10. The van der Waals surface area contributed by atoms with E-state index in [2.05, 4.69) is 10.5 Å². The van der Waals surface area contributed by atoms with E-state index in [1.54, 1.807) is 24.3 Å². The summed E-state index contributed by atoms with van der Waals surface area (Å²) in [6, 6.07) is 11.9.